The molecular formula is C5H5N2O. The van der Waals surface area contributed by atoms with Crippen molar-refractivity contribution >= 4 is 5.69 Å². The lowest BCUT2D eigenvalue weighted by Crippen LogP contribution is -2.24. The number of hydrogen-bond donors (Lipinski definition) is 1. The minimum absolute atomic E-state index is 0.553. The number of aromatic nitrogens is 1. The van der Waals surface area contributed by atoms with Crippen LogP contribution in [0.2, 0.25) is 0 Å². The lowest BCUT2D eigenvalue weighted by molar-refractivity contribution is -0.609. The molecule has 1 heterocycles. The molecule has 1 aromatic heterocycles. The first-order chi connectivity index (χ1) is 3.79. The van der Waals surface area contributed by atoms with Crippen LogP contribution in [0, 0.1) is 11.4 Å². The Hall–Kier alpha value is -1.25. The molecule has 0 saturated heterocycles. The fourth-order valence-electron chi connectivity index (χ4n) is 0.383. The number of rotatable bonds is 0. The Morgan fingerprint density at radius 1 is 1.75 bits per heavy atom. The highest BCUT2D eigenvalue weighted by Crippen LogP contribution is 1.91. The number of anilines is 1. The van der Waals surface area contributed by atoms with Crippen molar-refractivity contribution in [1.82, 2.24) is 0 Å². The van der Waals surface area contributed by atoms with Crippen molar-refractivity contribution in [2.45, 2.75) is 0 Å². The summed E-state index contributed by atoms with van der Waals surface area (Å²) in [6, 6.07) is 2.94. The van der Waals surface area contributed by atoms with Gasteiger partial charge in [0, 0.05) is 17.8 Å². The summed E-state index contributed by atoms with van der Waals surface area (Å²) in [4.78, 5) is 0. The second kappa shape index (κ2) is 1.69. The van der Waals surface area contributed by atoms with Crippen LogP contribution >= 0.6 is 0 Å². The first-order valence-electron chi connectivity index (χ1n) is 2.15. The second-order valence-electron chi connectivity index (χ2n) is 1.41. The van der Waals surface area contributed by atoms with Gasteiger partial charge in [0.2, 0.25) is 0 Å². The molecule has 0 aliphatic rings. The van der Waals surface area contributed by atoms with E-state index in [1.807, 2.05) is 0 Å². The van der Waals surface area contributed by atoms with Crippen molar-refractivity contribution in [2.24, 2.45) is 0 Å². The van der Waals surface area contributed by atoms with E-state index < -0.39 is 0 Å². The quantitative estimate of drug-likeness (QED) is 0.367. The fourth-order valence-corrected chi connectivity index (χ4v) is 0.383. The van der Waals surface area contributed by atoms with Gasteiger partial charge in [-0.1, -0.05) is 0 Å². The largest absolute Gasteiger partial charge is 0.618 e. The Bertz CT molecular complexity index is 149. The van der Waals surface area contributed by atoms with Crippen LogP contribution < -0.4 is 10.5 Å². The zero-order valence-electron chi connectivity index (χ0n) is 4.16. The summed E-state index contributed by atoms with van der Waals surface area (Å²) in [5, 5.41) is 10.2. The van der Waals surface area contributed by atoms with Gasteiger partial charge in [-0.25, -0.2) is 0 Å². The van der Waals surface area contributed by atoms with Crippen molar-refractivity contribution in [3.8, 4) is 0 Å². The van der Waals surface area contributed by atoms with Crippen molar-refractivity contribution in [1.29, 1.82) is 0 Å². The predicted molar refractivity (Wildman–Crippen MR) is 28.7 cm³/mol. The van der Waals surface area contributed by atoms with E-state index >= 15 is 0 Å². The first-order valence-corrected chi connectivity index (χ1v) is 2.15. The monoisotopic (exact) mass is 109 g/mol. The maximum atomic E-state index is 10.2. The Balaban J connectivity index is 3.03. The van der Waals surface area contributed by atoms with Crippen LogP contribution in [0.4, 0.5) is 5.69 Å². The molecule has 0 atom stereocenters. The van der Waals surface area contributed by atoms with E-state index in [4.69, 9.17) is 5.73 Å². The van der Waals surface area contributed by atoms with Crippen LogP contribution in [-0.4, -0.2) is 0 Å². The van der Waals surface area contributed by atoms with Gasteiger partial charge in [0.25, 0.3) is 6.20 Å². The topological polar surface area (TPSA) is 53.0 Å². The SMILES string of the molecule is Nc1c[c][n+]([O-])cc1. The van der Waals surface area contributed by atoms with Gasteiger partial charge in [-0.15, -0.1) is 0 Å². The van der Waals surface area contributed by atoms with E-state index in [1.165, 1.54) is 18.3 Å². The molecule has 8 heavy (non-hydrogen) atoms. The summed E-state index contributed by atoms with van der Waals surface area (Å²) >= 11 is 0. The Morgan fingerprint density at radius 3 is 2.88 bits per heavy atom. The molecule has 2 N–H and O–H groups in total. The molecule has 3 heteroatoms. The average molecular weight is 109 g/mol. The van der Waals surface area contributed by atoms with Crippen LogP contribution in [0.1, 0.15) is 0 Å². The van der Waals surface area contributed by atoms with Crippen molar-refractivity contribution in [2.75, 3.05) is 5.73 Å². The standard InChI is InChI=1S/C5H5N2O/c6-5-1-3-7(8)4-2-5/h1-3H,6H2. The zero-order chi connectivity index (χ0) is 5.98. The first kappa shape index (κ1) is 4.90. The second-order valence-corrected chi connectivity index (χ2v) is 1.41. The Labute approximate surface area is 46.9 Å². The van der Waals surface area contributed by atoms with Crippen LogP contribution in [-0.2, 0) is 0 Å². The van der Waals surface area contributed by atoms with Crippen molar-refractivity contribution in [3.63, 3.8) is 0 Å². The maximum absolute atomic E-state index is 10.2. The van der Waals surface area contributed by atoms with Crippen LogP contribution in [0.3, 0.4) is 0 Å². The molecule has 1 aromatic rings. The van der Waals surface area contributed by atoms with E-state index in [0.29, 0.717) is 10.4 Å². The molecular weight excluding hydrogens is 104 g/mol. The van der Waals surface area contributed by atoms with Gasteiger partial charge < -0.3 is 10.9 Å². The summed E-state index contributed by atoms with van der Waals surface area (Å²) in [5.41, 5.74) is 5.80. The van der Waals surface area contributed by atoms with Crippen LogP contribution in [0.25, 0.3) is 0 Å². The minimum Gasteiger partial charge on any atom is -0.618 e. The molecule has 41 valence electrons. The number of hydrogen-bond acceptors (Lipinski definition) is 2. The maximum Gasteiger partial charge on any atom is 0.292 e. The lowest BCUT2D eigenvalue weighted by Gasteiger charge is -1.90. The third-order valence-electron chi connectivity index (χ3n) is 0.761. The minimum atomic E-state index is 0.553. The zero-order valence-corrected chi connectivity index (χ0v) is 4.16. The average Bonchev–Trinajstić information content (AvgIpc) is 1.77. The summed E-state index contributed by atoms with van der Waals surface area (Å²) in [6.45, 7) is 0. The fraction of sp³-hybridized carbons (Fsp3) is 0. The van der Waals surface area contributed by atoms with Gasteiger partial charge in [0.1, 0.15) is 0 Å². The van der Waals surface area contributed by atoms with Crippen LogP contribution in [0.5, 0.6) is 0 Å². The Morgan fingerprint density at radius 2 is 2.50 bits per heavy atom. The third-order valence-corrected chi connectivity index (χ3v) is 0.761. The smallest absolute Gasteiger partial charge is 0.292 e. The normalized spacial score (nSPS) is 9.00. The van der Waals surface area contributed by atoms with Gasteiger partial charge in [-0.2, -0.15) is 4.73 Å². The molecule has 3 nitrogen and oxygen atoms in total. The van der Waals surface area contributed by atoms with E-state index in [1.54, 1.807) is 0 Å². The van der Waals surface area contributed by atoms with E-state index in [9.17, 15) is 5.21 Å². The molecule has 0 bridgehead atoms. The number of nitrogen functional groups attached to an aromatic ring is 1. The van der Waals surface area contributed by atoms with Gasteiger partial charge in [0.15, 0.2) is 6.20 Å². The molecule has 0 aliphatic heterocycles. The number of nitrogens with two attached hydrogens (primary N) is 1. The highest BCUT2D eigenvalue weighted by molar-refractivity contribution is 5.32. The van der Waals surface area contributed by atoms with E-state index in [-0.39, 0.29) is 0 Å². The highest BCUT2D eigenvalue weighted by atomic mass is 16.5. The molecule has 0 fully saturated rings. The molecule has 0 aromatic carbocycles. The Kier molecular flexibility index (Phi) is 1.04. The van der Waals surface area contributed by atoms with E-state index in [2.05, 4.69) is 6.20 Å². The molecule has 0 spiro atoms. The third kappa shape index (κ3) is 0.872. The summed E-state index contributed by atoms with van der Waals surface area (Å²) in [6.07, 6.45) is 3.64. The molecule has 0 amide bonds. The van der Waals surface area contributed by atoms with Gasteiger partial charge >= 0.3 is 0 Å². The van der Waals surface area contributed by atoms with Gasteiger partial charge in [-0.05, 0) is 0 Å². The van der Waals surface area contributed by atoms with E-state index in [0.717, 1.165) is 0 Å². The van der Waals surface area contributed by atoms with Crippen molar-refractivity contribution < 1.29 is 4.73 Å². The highest BCUT2D eigenvalue weighted by Gasteiger charge is 1.86. The molecule has 0 aliphatic carbocycles. The van der Waals surface area contributed by atoms with Gasteiger partial charge in [0.05, 0.1) is 0 Å². The molecule has 1 radical (unpaired) electrons. The van der Waals surface area contributed by atoms with Crippen LogP contribution in [0.15, 0.2) is 18.3 Å². The lowest BCUT2D eigenvalue weighted by atomic mass is 10.4. The molecule has 1 rings (SSSR count). The molecule has 0 saturated carbocycles. The summed E-state index contributed by atoms with van der Waals surface area (Å²) in [7, 11) is 0. The summed E-state index contributed by atoms with van der Waals surface area (Å²) in [5.74, 6) is 0. The predicted octanol–water partition coefficient (Wildman–Crippen LogP) is -0.298. The van der Waals surface area contributed by atoms with Gasteiger partial charge in [-0.3, -0.25) is 0 Å². The summed E-state index contributed by atoms with van der Waals surface area (Å²) < 4.78 is 0.566. The number of pyridine rings is 1. The molecule has 0 unspecified atom stereocenters. The number of nitrogens with zero attached hydrogens (tertiary/aromatic N) is 1. The van der Waals surface area contributed by atoms with Crippen molar-refractivity contribution in [3.05, 3.63) is 29.7 Å².